The van der Waals surface area contributed by atoms with Crippen LogP contribution in [0.25, 0.3) is 0 Å². The summed E-state index contributed by atoms with van der Waals surface area (Å²) in [6.45, 7) is 4.64. The number of carbonyl (C=O) groups excluding carboxylic acids is 4. The van der Waals surface area contributed by atoms with Gasteiger partial charge in [-0.1, -0.05) is 6.92 Å². The summed E-state index contributed by atoms with van der Waals surface area (Å²) in [6, 6.07) is 6.08. The minimum Gasteiger partial charge on any atom is -0.466 e. The molecule has 0 aromatic heterocycles. The fourth-order valence-corrected chi connectivity index (χ4v) is 3.79. The van der Waals surface area contributed by atoms with Gasteiger partial charge in [0.1, 0.15) is 6.04 Å². The van der Waals surface area contributed by atoms with Crippen LogP contribution in [0.5, 0.6) is 0 Å². The molecule has 2 saturated heterocycles. The molecular weight excluding hydrogens is 400 g/mol. The summed E-state index contributed by atoms with van der Waals surface area (Å²) in [5.74, 6) is -1.02. The molecule has 2 aliphatic rings. The molecule has 1 atom stereocenters. The van der Waals surface area contributed by atoms with Crippen LogP contribution in [-0.2, 0) is 19.1 Å². The molecule has 0 bridgehead atoms. The van der Waals surface area contributed by atoms with E-state index in [9.17, 15) is 19.2 Å². The van der Waals surface area contributed by atoms with E-state index in [0.29, 0.717) is 37.4 Å². The average Bonchev–Trinajstić information content (AvgIpc) is 3.29. The lowest BCUT2D eigenvalue weighted by atomic mass is 10.1. The van der Waals surface area contributed by atoms with Gasteiger partial charge in [0.15, 0.2) is 0 Å². The fraction of sp³-hybridized carbons (Fsp3) is 0.545. The molecule has 2 N–H and O–H groups in total. The molecule has 9 heteroatoms. The smallest absolute Gasteiger partial charge is 0.307 e. The van der Waals surface area contributed by atoms with Gasteiger partial charge in [-0.15, -0.1) is 0 Å². The van der Waals surface area contributed by atoms with Crippen molar-refractivity contribution in [1.29, 1.82) is 0 Å². The van der Waals surface area contributed by atoms with Gasteiger partial charge < -0.3 is 20.3 Å². The highest BCUT2D eigenvalue weighted by molar-refractivity contribution is 5.96. The van der Waals surface area contributed by atoms with Crippen LogP contribution in [0.15, 0.2) is 24.3 Å². The Kier molecular flexibility index (Phi) is 8.00. The van der Waals surface area contributed by atoms with Crippen LogP contribution in [0.4, 0.5) is 5.69 Å². The number of carbonyl (C=O) groups is 4. The van der Waals surface area contributed by atoms with Crippen molar-refractivity contribution in [2.24, 2.45) is 0 Å². The minimum absolute atomic E-state index is 0.00695. The second kappa shape index (κ2) is 10.9. The predicted molar refractivity (Wildman–Crippen MR) is 114 cm³/mol. The second-order valence-corrected chi connectivity index (χ2v) is 7.83. The number of likely N-dealkylation sites (tertiary alicyclic amines) is 1. The van der Waals surface area contributed by atoms with E-state index in [-0.39, 0.29) is 30.7 Å². The normalized spacial score (nSPS) is 19.1. The van der Waals surface area contributed by atoms with Gasteiger partial charge in [0.2, 0.25) is 11.8 Å². The second-order valence-electron chi connectivity index (χ2n) is 7.83. The third kappa shape index (κ3) is 6.27. The van der Waals surface area contributed by atoms with Gasteiger partial charge in [0.25, 0.3) is 5.91 Å². The predicted octanol–water partition coefficient (Wildman–Crippen LogP) is 1.00. The molecule has 9 nitrogen and oxygen atoms in total. The van der Waals surface area contributed by atoms with Crippen molar-refractivity contribution in [3.63, 3.8) is 0 Å². The Hall–Kier alpha value is -2.94. The standard InChI is InChI=1S/C22H30N4O5/c1-2-13-31-20(28)14-18-21(29)23-9-12-26(18)15-19(27)24-17-7-5-16(6-8-17)22(30)25-10-3-4-11-25/h5-8,18H,2-4,9-15H2,1H3,(H,23,29)(H,24,27). The van der Waals surface area contributed by atoms with Crippen molar-refractivity contribution in [3.8, 4) is 0 Å². The maximum atomic E-state index is 12.5. The number of nitrogens with one attached hydrogen (secondary N) is 2. The zero-order valence-electron chi connectivity index (χ0n) is 17.9. The minimum atomic E-state index is -0.732. The molecule has 0 saturated carbocycles. The zero-order valence-corrected chi connectivity index (χ0v) is 17.9. The molecule has 1 unspecified atom stereocenters. The molecule has 1 aromatic carbocycles. The maximum absolute atomic E-state index is 12.5. The third-order valence-electron chi connectivity index (χ3n) is 5.42. The van der Waals surface area contributed by atoms with E-state index in [1.807, 2.05) is 11.8 Å². The number of piperazine rings is 1. The largest absolute Gasteiger partial charge is 0.466 e. The number of amides is 3. The molecule has 3 amide bonds. The number of ether oxygens (including phenoxy) is 1. The first-order valence-electron chi connectivity index (χ1n) is 10.8. The fourth-order valence-electron chi connectivity index (χ4n) is 3.79. The molecule has 0 spiro atoms. The summed E-state index contributed by atoms with van der Waals surface area (Å²) in [5, 5.41) is 5.52. The molecule has 168 valence electrons. The summed E-state index contributed by atoms with van der Waals surface area (Å²) in [4.78, 5) is 52.7. The van der Waals surface area contributed by atoms with Crippen molar-refractivity contribution in [2.45, 2.75) is 38.6 Å². The average molecular weight is 431 g/mol. The lowest BCUT2D eigenvalue weighted by Crippen LogP contribution is -2.57. The van der Waals surface area contributed by atoms with Crippen LogP contribution in [0.1, 0.15) is 43.0 Å². The topological polar surface area (TPSA) is 108 Å². The van der Waals surface area contributed by atoms with E-state index < -0.39 is 12.0 Å². The molecule has 1 aromatic rings. The highest BCUT2D eigenvalue weighted by Gasteiger charge is 2.33. The van der Waals surface area contributed by atoms with Crippen molar-refractivity contribution < 1.29 is 23.9 Å². The SMILES string of the molecule is CCCOC(=O)CC1C(=O)NCCN1CC(=O)Nc1ccc(C(=O)N2CCCC2)cc1. The van der Waals surface area contributed by atoms with Gasteiger partial charge in [-0.25, -0.2) is 0 Å². The summed E-state index contributed by atoms with van der Waals surface area (Å²) in [7, 11) is 0. The van der Waals surface area contributed by atoms with E-state index in [1.54, 1.807) is 29.2 Å². The first-order chi connectivity index (χ1) is 15.0. The Morgan fingerprint density at radius 3 is 2.52 bits per heavy atom. The van der Waals surface area contributed by atoms with E-state index in [1.165, 1.54) is 0 Å². The van der Waals surface area contributed by atoms with Gasteiger partial charge in [0.05, 0.1) is 19.6 Å². The van der Waals surface area contributed by atoms with Crippen LogP contribution in [0, 0.1) is 0 Å². The van der Waals surface area contributed by atoms with Crippen LogP contribution < -0.4 is 10.6 Å². The first kappa shape index (κ1) is 22.7. The summed E-state index contributed by atoms with van der Waals surface area (Å²) >= 11 is 0. The lowest BCUT2D eigenvalue weighted by molar-refractivity contribution is -0.148. The van der Waals surface area contributed by atoms with Crippen LogP contribution in [0.3, 0.4) is 0 Å². The van der Waals surface area contributed by atoms with Crippen molar-refractivity contribution in [1.82, 2.24) is 15.1 Å². The molecular formula is C22H30N4O5. The van der Waals surface area contributed by atoms with Crippen LogP contribution >= 0.6 is 0 Å². The number of rotatable bonds is 8. The van der Waals surface area contributed by atoms with Crippen molar-refractivity contribution in [3.05, 3.63) is 29.8 Å². The Labute approximate surface area is 182 Å². The van der Waals surface area contributed by atoms with Crippen LogP contribution in [0.2, 0.25) is 0 Å². The number of nitrogens with zero attached hydrogens (tertiary/aromatic N) is 2. The van der Waals surface area contributed by atoms with Gasteiger partial charge in [-0.2, -0.15) is 0 Å². The van der Waals surface area contributed by atoms with E-state index in [4.69, 9.17) is 4.74 Å². The molecule has 2 fully saturated rings. The molecule has 2 aliphatic heterocycles. The van der Waals surface area contributed by atoms with Gasteiger partial charge in [0, 0.05) is 37.4 Å². The molecule has 0 aliphatic carbocycles. The summed E-state index contributed by atoms with van der Waals surface area (Å²) in [6.07, 6.45) is 2.68. The molecule has 2 heterocycles. The Morgan fingerprint density at radius 1 is 1.13 bits per heavy atom. The number of benzene rings is 1. The van der Waals surface area contributed by atoms with Gasteiger partial charge in [-0.05, 0) is 43.5 Å². The van der Waals surface area contributed by atoms with E-state index in [2.05, 4.69) is 10.6 Å². The molecule has 31 heavy (non-hydrogen) atoms. The van der Waals surface area contributed by atoms with Gasteiger partial charge in [-0.3, -0.25) is 24.1 Å². The first-order valence-corrected chi connectivity index (χ1v) is 10.8. The Balaban J connectivity index is 1.55. The van der Waals surface area contributed by atoms with Crippen molar-refractivity contribution in [2.75, 3.05) is 44.6 Å². The summed E-state index contributed by atoms with van der Waals surface area (Å²) in [5.41, 5.74) is 1.17. The number of esters is 1. The Morgan fingerprint density at radius 2 is 1.84 bits per heavy atom. The lowest BCUT2D eigenvalue weighted by Gasteiger charge is -2.33. The van der Waals surface area contributed by atoms with E-state index >= 15 is 0 Å². The molecule has 3 rings (SSSR count). The summed E-state index contributed by atoms with van der Waals surface area (Å²) < 4.78 is 5.08. The number of hydrogen-bond acceptors (Lipinski definition) is 6. The highest BCUT2D eigenvalue weighted by atomic mass is 16.5. The monoisotopic (exact) mass is 430 g/mol. The zero-order chi connectivity index (χ0) is 22.2. The third-order valence-corrected chi connectivity index (χ3v) is 5.42. The highest BCUT2D eigenvalue weighted by Crippen LogP contribution is 2.16. The van der Waals surface area contributed by atoms with Gasteiger partial charge >= 0.3 is 5.97 Å². The number of anilines is 1. The quantitative estimate of drug-likeness (QED) is 0.596. The number of hydrogen-bond donors (Lipinski definition) is 2. The maximum Gasteiger partial charge on any atom is 0.307 e. The Bertz CT molecular complexity index is 805. The van der Waals surface area contributed by atoms with Crippen LogP contribution in [-0.4, -0.2) is 78.9 Å². The van der Waals surface area contributed by atoms with E-state index in [0.717, 1.165) is 25.9 Å². The van der Waals surface area contributed by atoms with Crippen molar-refractivity contribution >= 4 is 29.4 Å². The molecule has 0 radical (unpaired) electrons.